The van der Waals surface area contributed by atoms with Crippen LogP contribution >= 0.6 is 0 Å². The fraction of sp³-hybridized carbons (Fsp3) is 0.471. The molecule has 0 bridgehead atoms. The Balaban J connectivity index is 2.18. The number of likely N-dealkylation sites (N-methyl/N-ethyl adjacent to an activating group) is 1. The lowest BCUT2D eigenvalue weighted by Crippen LogP contribution is -2.44. The Morgan fingerprint density at radius 1 is 1.42 bits per heavy atom. The van der Waals surface area contributed by atoms with Gasteiger partial charge in [0.2, 0.25) is 5.91 Å². The van der Waals surface area contributed by atoms with Crippen LogP contribution in [-0.2, 0) is 9.59 Å². The van der Waals surface area contributed by atoms with Gasteiger partial charge in [0, 0.05) is 12.6 Å². The summed E-state index contributed by atoms with van der Waals surface area (Å²) in [7, 11) is 1.81. The highest BCUT2D eigenvalue weighted by Gasteiger charge is 2.28. The molecule has 1 aromatic carbocycles. The molecule has 0 saturated heterocycles. The third kappa shape index (κ3) is 3.67. The average molecular weight is 333 g/mol. The third-order valence-corrected chi connectivity index (χ3v) is 4.31. The Morgan fingerprint density at radius 2 is 2.12 bits per heavy atom. The molecule has 1 aliphatic rings. The van der Waals surface area contributed by atoms with E-state index < -0.39 is 17.9 Å². The van der Waals surface area contributed by atoms with Crippen molar-refractivity contribution in [2.75, 3.05) is 17.3 Å². The van der Waals surface area contributed by atoms with Crippen molar-refractivity contribution in [3.63, 3.8) is 0 Å². The average Bonchev–Trinajstić information content (AvgIpc) is 2.55. The summed E-state index contributed by atoms with van der Waals surface area (Å²) in [5.41, 5.74) is 1.69. The van der Waals surface area contributed by atoms with Crippen LogP contribution in [0.4, 0.5) is 11.4 Å². The summed E-state index contributed by atoms with van der Waals surface area (Å²) in [6, 6.07) is 3.76. The Morgan fingerprint density at radius 3 is 2.75 bits per heavy atom. The quantitative estimate of drug-likeness (QED) is 0.738. The van der Waals surface area contributed by atoms with Crippen LogP contribution in [0.5, 0.6) is 0 Å². The number of benzene rings is 1. The molecule has 1 aliphatic heterocycles. The third-order valence-electron chi connectivity index (χ3n) is 4.31. The van der Waals surface area contributed by atoms with E-state index >= 15 is 0 Å². The summed E-state index contributed by atoms with van der Waals surface area (Å²) in [5, 5.41) is 14.5. The van der Waals surface area contributed by atoms with Gasteiger partial charge >= 0.3 is 5.97 Å². The maximum Gasteiger partial charge on any atom is 0.326 e. The summed E-state index contributed by atoms with van der Waals surface area (Å²) in [5.74, 6) is -1.65. The molecular weight excluding hydrogens is 310 g/mol. The molecule has 1 heterocycles. The van der Waals surface area contributed by atoms with Gasteiger partial charge in [0.05, 0.1) is 11.4 Å². The van der Waals surface area contributed by atoms with Gasteiger partial charge in [0.25, 0.3) is 5.91 Å². The van der Waals surface area contributed by atoms with Gasteiger partial charge in [-0.3, -0.25) is 9.59 Å². The predicted molar refractivity (Wildman–Crippen MR) is 91.4 cm³/mol. The first-order valence-corrected chi connectivity index (χ1v) is 8.06. The molecule has 1 unspecified atom stereocenters. The predicted octanol–water partition coefficient (Wildman–Crippen LogP) is 1.84. The molecule has 130 valence electrons. The molecule has 2 rings (SSSR count). The molecule has 0 fully saturated rings. The number of carboxylic acids is 1. The molecule has 3 N–H and O–H groups in total. The summed E-state index contributed by atoms with van der Waals surface area (Å²) in [6.07, 6.45) is 1.97. The van der Waals surface area contributed by atoms with E-state index in [1.54, 1.807) is 25.1 Å². The van der Waals surface area contributed by atoms with Crippen LogP contribution in [0.2, 0.25) is 0 Å². The van der Waals surface area contributed by atoms with Crippen molar-refractivity contribution in [3.8, 4) is 0 Å². The van der Waals surface area contributed by atoms with E-state index in [1.165, 1.54) is 0 Å². The zero-order chi connectivity index (χ0) is 17.9. The Bertz CT molecular complexity index is 659. The van der Waals surface area contributed by atoms with E-state index in [0.717, 1.165) is 18.5 Å². The van der Waals surface area contributed by atoms with Crippen molar-refractivity contribution in [2.45, 2.75) is 45.2 Å². The van der Waals surface area contributed by atoms with E-state index in [1.807, 2.05) is 18.9 Å². The molecule has 7 heteroatoms. The number of nitrogens with one attached hydrogen (secondary N) is 2. The molecule has 1 aromatic rings. The zero-order valence-electron chi connectivity index (χ0n) is 14.1. The van der Waals surface area contributed by atoms with Crippen molar-refractivity contribution in [3.05, 3.63) is 23.8 Å². The number of carbonyl (C=O) groups is 3. The minimum Gasteiger partial charge on any atom is -0.480 e. The number of amides is 2. The summed E-state index contributed by atoms with van der Waals surface area (Å²) in [6.45, 7) is 3.76. The molecule has 0 spiro atoms. The second-order valence-electron chi connectivity index (χ2n) is 6.01. The van der Waals surface area contributed by atoms with Crippen LogP contribution < -0.4 is 15.5 Å². The van der Waals surface area contributed by atoms with Crippen molar-refractivity contribution in [2.24, 2.45) is 0 Å². The van der Waals surface area contributed by atoms with Crippen molar-refractivity contribution in [1.82, 2.24) is 5.32 Å². The van der Waals surface area contributed by atoms with Gasteiger partial charge in [0.15, 0.2) is 0 Å². The fourth-order valence-electron chi connectivity index (χ4n) is 2.61. The smallest absolute Gasteiger partial charge is 0.326 e. The molecule has 2 amide bonds. The van der Waals surface area contributed by atoms with Crippen LogP contribution in [0.15, 0.2) is 18.2 Å². The van der Waals surface area contributed by atoms with Crippen LogP contribution in [0.3, 0.4) is 0 Å². The molecule has 2 atom stereocenters. The molecule has 0 radical (unpaired) electrons. The zero-order valence-corrected chi connectivity index (χ0v) is 14.1. The minimum absolute atomic E-state index is 0.145. The molecule has 7 nitrogen and oxygen atoms in total. The second kappa shape index (κ2) is 7.33. The molecule has 0 saturated carbocycles. The largest absolute Gasteiger partial charge is 0.480 e. The number of nitrogens with zero attached hydrogens (tertiary/aromatic N) is 1. The van der Waals surface area contributed by atoms with Crippen LogP contribution in [0.1, 0.15) is 43.5 Å². The maximum atomic E-state index is 12.3. The van der Waals surface area contributed by atoms with E-state index in [4.69, 9.17) is 0 Å². The maximum absolute atomic E-state index is 12.3. The molecular formula is C17H23N3O4. The van der Waals surface area contributed by atoms with Gasteiger partial charge < -0.3 is 20.6 Å². The lowest BCUT2D eigenvalue weighted by atomic mass is 10.1. The number of aliphatic carboxylic acids is 1. The minimum atomic E-state index is -1.04. The van der Waals surface area contributed by atoms with Gasteiger partial charge in [-0.05, 0) is 31.5 Å². The van der Waals surface area contributed by atoms with E-state index in [0.29, 0.717) is 17.7 Å². The van der Waals surface area contributed by atoms with Gasteiger partial charge in [-0.1, -0.05) is 19.8 Å². The molecule has 24 heavy (non-hydrogen) atoms. The Kier molecular flexibility index (Phi) is 5.43. The number of hydrogen-bond donors (Lipinski definition) is 3. The lowest BCUT2D eigenvalue weighted by Gasteiger charge is -2.33. The standard InChI is InChI=1S/C17H23N3O4/c1-4-5-6-12(17(23)24)18-16(22)11-7-8-14-13(9-11)19-15(21)10(2)20(14)3/h7-10,12H,4-6H2,1-3H3,(H,18,22)(H,19,21)(H,23,24)/t10?,12-/m0/s1. The van der Waals surface area contributed by atoms with Gasteiger partial charge in [-0.25, -0.2) is 4.79 Å². The number of fused-ring (bicyclic) bond motifs is 1. The topological polar surface area (TPSA) is 98.7 Å². The van der Waals surface area contributed by atoms with Gasteiger partial charge in [-0.2, -0.15) is 0 Å². The highest BCUT2D eigenvalue weighted by atomic mass is 16.4. The van der Waals surface area contributed by atoms with Crippen LogP contribution in [0, 0.1) is 0 Å². The normalized spacial score (nSPS) is 17.7. The fourth-order valence-corrected chi connectivity index (χ4v) is 2.61. The number of rotatable bonds is 6. The number of unbranched alkanes of at least 4 members (excludes halogenated alkanes) is 1. The Hall–Kier alpha value is -2.57. The van der Waals surface area contributed by atoms with E-state index in [-0.39, 0.29) is 11.9 Å². The van der Waals surface area contributed by atoms with Gasteiger partial charge in [0.1, 0.15) is 12.1 Å². The highest BCUT2D eigenvalue weighted by Crippen LogP contribution is 2.31. The molecule has 0 aliphatic carbocycles. The van der Waals surface area contributed by atoms with Gasteiger partial charge in [-0.15, -0.1) is 0 Å². The first-order chi connectivity index (χ1) is 11.3. The summed E-state index contributed by atoms with van der Waals surface area (Å²) in [4.78, 5) is 37.3. The summed E-state index contributed by atoms with van der Waals surface area (Å²) < 4.78 is 0. The first-order valence-electron chi connectivity index (χ1n) is 8.06. The number of hydrogen-bond acceptors (Lipinski definition) is 4. The monoisotopic (exact) mass is 333 g/mol. The van der Waals surface area contributed by atoms with Crippen molar-refractivity contribution in [1.29, 1.82) is 0 Å². The second-order valence-corrected chi connectivity index (χ2v) is 6.01. The van der Waals surface area contributed by atoms with Crippen LogP contribution in [-0.4, -0.2) is 42.0 Å². The molecule has 0 aromatic heterocycles. The highest BCUT2D eigenvalue weighted by molar-refractivity contribution is 6.05. The van der Waals surface area contributed by atoms with E-state index in [2.05, 4.69) is 10.6 Å². The summed E-state index contributed by atoms with van der Waals surface area (Å²) >= 11 is 0. The van der Waals surface area contributed by atoms with Crippen molar-refractivity contribution < 1.29 is 19.5 Å². The number of carboxylic acid groups (broad SMARTS) is 1. The first kappa shape index (κ1) is 17.8. The van der Waals surface area contributed by atoms with Crippen LogP contribution in [0.25, 0.3) is 0 Å². The Labute approximate surface area is 141 Å². The van der Waals surface area contributed by atoms with E-state index in [9.17, 15) is 19.5 Å². The number of anilines is 2. The number of carbonyl (C=O) groups excluding carboxylic acids is 2. The lowest BCUT2D eigenvalue weighted by molar-refractivity contribution is -0.139. The van der Waals surface area contributed by atoms with Crippen molar-refractivity contribution >= 4 is 29.2 Å². The SMILES string of the molecule is CCCC[C@H](NC(=O)c1ccc2c(c1)NC(=O)C(C)N2C)C(=O)O.